The third-order valence-corrected chi connectivity index (χ3v) is 4.72. The average Bonchev–Trinajstić information content (AvgIpc) is 2.51. The van der Waals surface area contributed by atoms with Crippen LogP contribution in [0, 0.1) is 0 Å². The van der Waals surface area contributed by atoms with Gasteiger partial charge in [-0.15, -0.1) is 0 Å². The maximum atomic E-state index is 12.8. The van der Waals surface area contributed by atoms with Gasteiger partial charge in [-0.05, 0) is 33.0 Å². The number of hydrogen-bond donors (Lipinski definition) is 2. The van der Waals surface area contributed by atoms with Crippen LogP contribution >= 0.6 is 0 Å². The Kier molecular flexibility index (Phi) is 3.76. The number of hydrogen-bond acceptors (Lipinski definition) is 4. The topological polar surface area (TPSA) is 47.6 Å². The van der Waals surface area contributed by atoms with Crippen molar-refractivity contribution in [3.63, 3.8) is 0 Å². The molecule has 1 amide bonds. The van der Waals surface area contributed by atoms with Crippen molar-refractivity contribution in [2.24, 2.45) is 0 Å². The summed E-state index contributed by atoms with van der Waals surface area (Å²) in [5.41, 5.74) is 2.08. The third kappa shape index (κ3) is 2.70. The summed E-state index contributed by atoms with van der Waals surface area (Å²) >= 11 is 0. The van der Waals surface area contributed by atoms with E-state index in [0.717, 1.165) is 24.5 Å². The van der Waals surface area contributed by atoms with Gasteiger partial charge in [-0.2, -0.15) is 0 Å². The predicted molar refractivity (Wildman–Crippen MR) is 85.6 cm³/mol. The van der Waals surface area contributed by atoms with Crippen LogP contribution in [-0.2, 0) is 4.79 Å². The lowest BCUT2D eigenvalue weighted by Gasteiger charge is -2.44. The molecule has 0 radical (unpaired) electrons. The second-order valence-corrected chi connectivity index (χ2v) is 6.23. The van der Waals surface area contributed by atoms with Gasteiger partial charge in [0.25, 0.3) is 0 Å². The van der Waals surface area contributed by atoms with E-state index in [2.05, 4.69) is 36.4 Å². The Bertz CT molecular complexity index is 521. The smallest absolute Gasteiger partial charge is 0.247 e. The summed E-state index contributed by atoms with van der Waals surface area (Å²) in [4.78, 5) is 17.1. The largest absolute Gasteiger partial charge is 0.381 e. The lowest BCUT2D eigenvalue weighted by atomic mass is 10.1. The number of nitrogens with zero attached hydrogens (tertiary/aromatic N) is 2. The van der Waals surface area contributed by atoms with Crippen LogP contribution in [-0.4, -0.2) is 60.5 Å². The highest BCUT2D eigenvalue weighted by atomic mass is 16.2. The lowest BCUT2D eigenvalue weighted by molar-refractivity contribution is -0.135. The minimum absolute atomic E-state index is 0.178. The van der Waals surface area contributed by atoms with Gasteiger partial charge in [0.15, 0.2) is 0 Å². The van der Waals surface area contributed by atoms with E-state index < -0.39 is 0 Å². The van der Waals surface area contributed by atoms with Crippen LogP contribution in [0.2, 0.25) is 0 Å². The number of para-hydroxylation sites is 2. The number of nitrogens with one attached hydrogen (secondary N) is 2. The second-order valence-electron chi connectivity index (χ2n) is 6.23. The molecule has 5 nitrogen and oxygen atoms in total. The highest BCUT2D eigenvalue weighted by Crippen LogP contribution is 2.26. The first-order valence-corrected chi connectivity index (χ1v) is 7.66. The Morgan fingerprint density at radius 1 is 1.14 bits per heavy atom. The fourth-order valence-electron chi connectivity index (χ4n) is 3.17. The molecule has 114 valence electrons. The van der Waals surface area contributed by atoms with Crippen LogP contribution in [0.3, 0.4) is 0 Å². The van der Waals surface area contributed by atoms with E-state index in [-0.39, 0.29) is 11.9 Å². The van der Waals surface area contributed by atoms with Crippen LogP contribution in [0.4, 0.5) is 11.4 Å². The van der Waals surface area contributed by atoms with Crippen molar-refractivity contribution in [3.05, 3.63) is 24.3 Å². The zero-order valence-electron chi connectivity index (χ0n) is 13.0. The predicted octanol–water partition coefficient (Wildman–Crippen LogP) is 1.44. The van der Waals surface area contributed by atoms with E-state index in [0.29, 0.717) is 18.6 Å². The number of fused-ring (bicyclic) bond motifs is 1. The molecule has 0 spiro atoms. The fraction of sp³-hybridized carbons (Fsp3) is 0.562. The van der Waals surface area contributed by atoms with Gasteiger partial charge in [-0.1, -0.05) is 12.1 Å². The molecular formula is C16H24N4O. The maximum Gasteiger partial charge on any atom is 0.247 e. The van der Waals surface area contributed by atoms with Gasteiger partial charge in [0, 0.05) is 31.7 Å². The van der Waals surface area contributed by atoms with Crippen molar-refractivity contribution in [3.8, 4) is 0 Å². The molecule has 3 unspecified atom stereocenters. The molecule has 0 aliphatic carbocycles. The Hall–Kier alpha value is -1.75. The SMILES string of the molecule is CC1CN(C(=O)C2CNc3ccccc3N2)CC(C)N1C. The quantitative estimate of drug-likeness (QED) is 0.821. The molecule has 0 aromatic heterocycles. The zero-order valence-corrected chi connectivity index (χ0v) is 13.0. The van der Waals surface area contributed by atoms with Gasteiger partial charge < -0.3 is 15.5 Å². The molecule has 1 fully saturated rings. The Balaban J connectivity index is 1.69. The van der Waals surface area contributed by atoms with Crippen molar-refractivity contribution < 1.29 is 4.79 Å². The lowest BCUT2D eigenvalue weighted by Crippen LogP contribution is -2.59. The number of likely N-dealkylation sites (N-methyl/N-ethyl adjacent to an activating group) is 1. The van der Waals surface area contributed by atoms with Gasteiger partial charge in [0.1, 0.15) is 6.04 Å². The van der Waals surface area contributed by atoms with Crippen molar-refractivity contribution in [1.82, 2.24) is 9.80 Å². The first-order chi connectivity index (χ1) is 10.1. The summed E-state index contributed by atoms with van der Waals surface area (Å²) in [6.07, 6.45) is 0. The van der Waals surface area contributed by atoms with Crippen LogP contribution in [0.15, 0.2) is 24.3 Å². The zero-order chi connectivity index (χ0) is 15.0. The molecule has 3 atom stereocenters. The maximum absolute atomic E-state index is 12.8. The van der Waals surface area contributed by atoms with Crippen LogP contribution in [0.25, 0.3) is 0 Å². The number of benzene rings is 1. The van der Waals surface area contributed by atoms with Crippen molar-refractivity contribution in [1.29, 1.82) is 0 Å². The molecule has 21 heavy (non-hydrogen) atoms. The van der Waals surface area contributed by atoms with Crippen LogP contribution in [0.5, 0.6) is 0 Å². The number of carbonyl (C=O) groups excluding carboxylic acids is 1. The first-order valence-electron chi connectivity index (χ1n) is 7.66. The summed E-state index contributed by atoms with van der Waals surface area (Å²) in [7, 11) is 2.13. The van der Waals surface area contributed by atoms with Gasteiger partial charge in [0.05, 0.1) is 11.4 Å². The van der Waals surface area contributed by atoms with Gasteiger partial charge in [-0.3, -0.25) is 9.69 Å². The minimum Gasteiger partial charge on any atom is -0.381 e. The molecule has 1 saturated heterocycles. The third-order valence-electron chi connectivity index (χ3n) is 4.72. The summed E-state index contributed by atoms with van der Waals surface area (Å²) in [5, 5.41) is 6.71. The molecule has 5 heteroatoms. The number of amides is 1. The molecule has 3 rings (SSSR count). The van der Waals surface area contributed by atoms with Crippen LogP contribution in [0.1, 0.15) is 13.8 Å². The van der Waals surface area contributed by atoms with E-state index in [9.17, 15) is 4.79 Å². The Morgan fingerprint density at radius 3 is 2.43 bits per heavy atom. The molecule has 2 aliphatic rings. The van der Waals surface area contributed by atoms with Crippen molar-refractivity contribution in [2.75, 3.05) is 37.3 Å². The fourth-order valence-corrected chi connectivity index (χ4v) is 3.17. The number of anilines is 2. The van der Waals surface area contributed by atoms with Crippen LogP contribution < -0.4 is 10.6 Å². The molecule has 2 N–H and O–H groups in total. The van der Waals surface area contributed by atoms with E-state index in [1.165, 1.54) is 0 Å². The molecule has 2 aliphatic heterocycles. The molecule has 0 bridgehead atoms. The first kappa shape index (κ1) is 14.2. The minimum atomic E-state index is -0.178. The molecule has 1 aromatic rings. The van der Waals surface area contributed by atoms with Crippen molar-refractivity contribution in [2.45, 2.75) is 32.0 Å². The molecule has 2 heterocycles. The van der Waals surface area contributed by atoms with E-state index >= 15 is 0 Å². The van der Waals surface area contributed by atoms with Gasteiger partial charge in [-0.25, -0.2) is 0 Å². The van der Waals surface area contributed by atoms with Gasteiger partial charge in [0.2, 0.25) is 5.91 Å². The van der Waals surface area contributed by atoms with Crippen molar-refractivity contribution >= 4 is 17.3 Å². The average molecular weight is 288 g/mol. The summed E-state index contributed by atoms with van der Waals surface area (Å²) in [6, 6.07) is 8.66. The Morgan fingerprint density at radius 2 is 1.76 bits per heavy atom. The highest BCUT2D eigenvalue weighted by Gasteiger charge is 2.33. The Labute approximate surface area is 126 Å². The highest BCUT2D eigenvalue weighted by molar-refractivity contribution is 5.88. The van der Waals surface area contributed by atoms with E-state index in [1.54, 1.807) is 0 Å². The molecular weight excluding hydrogens is 264 g/mol. The number of carbonyl (C=O) groups is 1. The monoisotopic (exact) mass is 288 g/mol. The number of piperazine rings is 1. The van der Waals surface area contributed by atoms with E-state index in [4.69, 9.17) is 0 Å². The molecule has 1 aromatic carbocycles. The standard InChI is InChI=1S/C16H24N4O/c1-11-9-20(10-12(2)19(11)3)16(21)15-8-17-13-6-4-5-7-14(13)18-15/h4-7,11-12,15,17-18H,8-10H2,1-3H3. The summed E-state index contributed by atoms with van der Waals surface area (Å²) < 4.78 is 0. The van der Waals surface area contributed by atoms with E-state index in [1.807, 2.05) is 29.2 Å². The normalized spacial score (nSPS) is 29.3. The second kappa shape index (κ2) is 5.56. The molecule has 0 saturated carbocycles. The summed E-state index contributed by atoms with van der Waals surface area (Å²) in [5.74, 6) is 0.198. The van der Waals surface area contributed by atoms with Gasteiger partial charge >= 0.3 is 0 Å². The summed E-state index contributed by atoms with van der Waals surface area (Å²) in [6.45, 7) is 6.61. The number of rotatable bonds is 1.